The average molecular weight is 392 g/mol. The van der Waals surface area contributed by atoms with Crippen molar-refractivity contribution >= 4 is 19.1 Å². The van der Waals surface area contributed by atoms with Crippen molar-refractivity contribution in [2.75, 3.05) is 0 Å². The Morgan fingerprint density at radius 2 is 1.41 bits per heavy atom. The van der Waals surface area contributed by atoms with Crippen LogP contribution in [0, 0.1) is 0 Å². The number of hydrogen-bond donors (Lipinski definition) is 0. The van der Waals surface area contributed by atoms with Crippen molar-refractivity contribution < 1.29 is 8.97 Å². The van der Waals surface area contributed by atoms with Gasteiger partial charge in [-0.1, -0.05) is 60.7 Å². The maximum absolute atomic E-state index is 15.2. The molecular formula is C24H30BFN2O. The number of rotatable bonds is 3. The van der Waals surface area contributed by atoms with Crippen molar-refractivity contribution in [3.63, 3.8) is 0 Å². The van der Waals surface area contributed by atoms with E-state index in [1.807, 2.05) is 108 Å². The third-order valence-electron chi connectivity index (χ3n) is 4.76. The molecule has 2 aromatic carbocycles. The standard InChI is InChI=1S/C24H30BFN2O/c1-23(2,3)27-17-20-22(29-25(26)28(20)24(4,5)6)21(18-13-9-7-10-14-18)19-15-11-8-12-16-19/h7-17,20H,1-6H3/t20-/m1/s1. The minimum Gasteiger partial charge on any atom is -0.520 e. The maximum Gasteiger partial charge on any atom is 0.670 e. The van der Waals surface area contributed by atoms with Crippen LogP contribution < -0.4 is 0 Å². The van der Waals surface area contributed by atoms with Crippen molar-refractivity contribution in [3.05, 3.63) is 77.5 Å². The van der Waals surface area contributed by atoms with Crippen LogP contribution in [-0.2, 0) is 4.65 Å². The van der Waals surface area contributed by atoms with Gasteiger partial charge in [0, 0.05) is 17.3 Å². The highest BCUT2D eigenvalue weighted by Crippen LogP contribution is 2.38. The Bertz CT molecular complexity index is 841. The van der Waals surface area contributed by atoms with Crippen LogP contribution in [0.4, 0.5) is 4.32 Å². The van der Waals surface area contributed by atoms with E-state index in [-0.39, 0.29) is 5.54 Å². The van der Waals surface area contributed by atoms with Crippen LogP contribution in [-0.4, -0.2) is 35.5 Å². The van der Waals surface area contributed by atoms with E-state index in [1.165, 1.54) is 0 Å². The summed E-state index contributed by atoms with van der Waals surface area (Å²) < 4.78 is 21.1. The highest BCUT2D eigenvalue weighted by Gasteiger charge is 2.51. The lowest BCUT2D eigenvalue weighted by Crippen LogP contribution is -2.51. The number of halogens is 1. The fourth-order valence-corrected chi connectivity index (χ4v) is 3.51. The fourth-order valence-electron chi connectivity index (χ4n) is 3.51. The molecule has 29 heavy (non-hydrogen) atoms. The molecule has 0 amide bonds. The zero-order chi connectivity index (χ0) is 21.2. The summed E-state index contributed by atoms with van der Waals surface area (Å²) in [6.07, 6.45) is 1.84. The zero-order valence-electron chi connectivity index (χ0n) is 18.2. The van der Waals surface area contributed by atoms with Gasteiger partial charge < -0.3 is 4.65 Å². The normalized spacial score (nSPS) is 18.4. The smallest absolute Gasteiger partial charge is 0.520 e. The monoisotopic (exact) mass is 392 g/mol. The Kier molecular flexibility index (Phi) is 5.99. The van der Waals surface area contributed by atoms with E-state index in [1.54, 1.807) is 4.81 Å². The first-order chi connectivity index (χ1) is 13.6. The Balaban J connectivity index is 2.25. The summed E-state index contributed by atoms with van der Waals surface area (Å²) in [5.74, 6) is 0.595. The molecule has 1 aliphatic rings. The predicted molar refractivity (Wildman–Crippen MR) is 120 cm³/mol. The van der Waals surface area contributed by atoms with Gasteiger partial charge in [0.2, 0.25) is 0 Å². The first kappa shape index (κ1) is 21.3. The number of nitrogens with zero attached hydrogens (tertiary/aromatic N) is 2. The molecule has 0 N–H and O–H groups in total. The summed E-state index contributed by atoms with van der Waals surface area (Å²) in [5.41, 5.74) is 2.18. The fraction of sp³-hybridized carbons (Fsp3) is 0.375. The average Bonchev–Trinajstić information content (AvgIpc) is 2.98. The molecule has 1 aliphatic heterocycles. The topological polar surface area (TPSA) is 24.8 Å². The van der Waals surface area contributed by atoms with Gasteiger partial charge in [-0.15, -0.1) is 0 Å². The van der Waals surface area contributed by atoms with E-state index in [4.69, 9.17) is 9.65 Å². The SMILES string of the molecule is CC(C)(C)N=C[C@@H]1C(=C(c2ccccc2)c2ccccc2)OB(F)N1C(C)(C)C. The van der Waals surface area contributed by atoms with Crippen molar-refractivity contribution in [1.29, 1.82) is 0 Å². The summed E-state index contributed by atoms with van der Waals surface area (Å²) >= 11 is 0. The van der Waals surface area contributed by atoms with Crippen molar-refractivity contribution in [2.45, 2.75) is 58.7 Å². The van der Waals surface area contributed by atoms with Gasteiger partial charge in [-0.3, -0.25) is 14.1 Å². The van der Waals surface area contributed by atoms with E-state index in [0.29, 0.717) is 5.76 Å². The number of hydrogen-bond acceptors (Lipinski definition) is 3. The summed E-state index contributed by atoms with van der Waals surface area (Å²) in [6, 6.07) is 19.6. The summed E-state index contributed by atoms with van der Waals surface area (Å²) in [7, 11) is -1.54. The lowest BCUT2D eigenvalue weighted by molar-refractivity contribution is 0.234. The first-order valence-electron chi connectivity index (χ1n) is 10.1. The zero-order valence-corrected chi connectivity index (χ0v) is 18.2. The molecule has 3 rings (SSSR count). The second kappa shape index (κ2) is 8.15. The largest absolute Gasteiger partial charge is 0.670 e. The second-order valence-corrected chi connectivity index (χ2v) is 9.35. The minimum atomic E-state index is -1.54. The van der Waals surface area contributed by atoms with Crippen molar-refractivity contribution in [3.8, 4) is 0 Å². The van der Waals surface area contributed by atoms with Gasteiger partial charge in [0.15, 0.2) is 0 Å². The molecule has 0 unspecified atom stereocenters. The molecule has 1 fully saturated rings. The summed E-state index contributed by atoms with van der Waals surface area (Å²) in [5, 5.41) is 0. The van der Waals surface area contributed by atoms with Crippen LogP contribution in [0.25, 0.3) is 5.57 Å². The van der Waals surface area contributed by atoms with E-state index in [9.17, 15) is 0 Å². The Labute approximate surface area is 174 Å². The predicted octanol–water partition coefficient (Wildman–Crippen LogP) is 5.77. The molecule has 0 radical (unpaired) electrons. The Morgan fingerprint density at radius 3 is 1.83 bits per heavy atom. The minimum absolute atomic E-state index is 0.261. The molecule has 0 bridgehead atoms. The Morgan fingerprint density at radius 1 is 0.931 bits per heavy atom. The molecule has 0 aromatic heterocycles. The third kappa shape index (κ3) is 4.97. The summed E-state index contributed by atoms with van der Waals surface area (Å²) in [6.45, 7) is 12.1. The second-order valence-electron chi connectivity index (χ2n) is 9.35. The van der Waals surface area contributed by atoms with Gasteiger partial charge in [-0.2, -0.15) is 0 Å². The molecule has 1 heterocycles. The molecule has 3 nitrogen and oxygen atoms in total. The van der Waals surface area contributed by atoms with E-state index in [2.05, 4.69) is 0 Å². The first-order valence-corrected chi connectivity index (χ1v) is 10.1. The van der Waals surface area contributed by atoms with Crippen LogP contribution in [0.15, 0.2) is 71.4 Å². The van der Waals surface area contributed by atoms with Crippen LogP contribution in [0.5, 0.6) is 0 Å². The van der Waals surface area contributed by atoms with E-state index >= 15 is 4.32 Å². The molecule has 0 spiro atoms. The van der Waals surface area contributed by atoms with Gasteiger partial charge in [-0.05, 0) is 52.7 Å². The number of benzene rings is 2. The van der Waals surface area contributed by atoms with Crippen LogP contribution in [0.2, 0.25) is 0 Å². The van der Waals surface area contributed by atoms with Crippen LogP contribution in [0.1, 0.15) is 52.7 Å². The van der Waals surface area contributed by atoms with E-state index in [0.717, 1.165) is 16.7 Å². The molecule has 0 saturated carbocycles. The van der Waals surface area contributed by atoms with Crippen LogP contribution in [0.3, 0.4) is 0 Å². The summed E-state index contributed by atoms with van der Waals surface area (Å²) in [4.78, 5) is 6.45. The highest BCUT2D eigenvalue weighted by atomic mass is 19.1. The third-order valence-corrected chi connectivity index (χ3v) is 4.76. The number of aliphatic imine (C=N–C) groups is 1. The molecule has 152 valence electrons. The van der Waals surface area contributed by atoms with Gasteiger partial charge >= 0.3 is 7.33 Å². The molecule has 5 heteroatoms. The van der Waals surface area contributed by atoms with Gasteiger partial charge in [-0.25, -0.2) is 0 Å². The van der Waals surface area contributed by atoms with Crippen LogP contribution >= 0.6 is 0 Å². The molecule has 1 atom stereocenters. The lowest BCUT2D eigenvalue weighted by atomic mass is 9.91. The quantitative estimate of drug-likeness (QED) is 0.489. The molecule has 1 saturated heterocycles. The van der Waals surface area contributed by atoms with E-state index < -0.39 is 18.9 Å². The van der Waals surface area contributed by atoms with Gasteiger partial charge in [0.05, 0.1) is 11.6 Å². The van der Waals surface area contributed by atoms with Gasteiger partial charge in [0.25, 0.3) is 0 Å². The van der Waals surface area contributed by atoms with Crippen molar-refractivity contribution in [2.24, 2.45) is 4.99 Å². The molecule has 2 aromatic rings. The highest BCUT2D eigenvalue weighted by molar-refractivity contribution is 6.43. The van der Waals surface area contributed by atoms with Gasteiger partial charge in [0.1, 0.15) is 5.76 Å². The maximum atomic E-state index is 15.2. The Hall–Kier alpha value is -2.40. The molecule has 0 aliphatic carbocycles. The lowest BCUT2D eigenvalue weighted by Gasteiger charge is -2.33. The molecular weight excluding hydrogens is 362 g/mol. The van der Waals surface area contributed by atoms with Crippen molar-refractivity contribution in [1.82, 2.24) is 4.81 Å².